The predicted octanol–water partition coefficient (Wildman–Crippen LogP) is 3.73. The van der Waals surface area contributed by atoms with Gasteiger partial charge in [0.05, 0.1) is 4.90 Å². The smallest absolute Gasteiger partial charge is 0.261 e. The Morgan fingerprint density at radius 3 is 2.67 bits per heavy atom. The van der Waals surface area contributed by atoms with Gasteiger partial charge in [-0.1, -0.05) is 31.2 Å². The third-order valence-electron chi connectivity index (χ3n) is 5.36. The summed E-state index contributed by atoms with van der Waals surface area (Å²) in [6.07, 6.45) is 4.59. The summed E-state index contributed by atoms with van der Waals surface area (Å²) in [6, 6.07) is 14.7. The van der Waals surface area contributed by atoms with Crippen LogP contribution in [-0.2, 0) is 10.0 Å². The van der Waals surface area contributed by atoms with E-state index in [-0.39, 0.29) is 10.8 Å². The number of hydrogen-bond acceptors (Lipinski definition) is 4. The van der Waals surface area contributed by atoms with Crippen LogP contribution in [0.4, 0.5) is 5.69 Å². The average Bonchev–Trinajstić information content (AvgIpc) is 2.74. The molecule has 1 amide bonds. The highest BCUT2D eigenvalue weighted by Gasteiger charge is 2.16. The Morgan fingerprint density at radius 1 is 1.10 bits per heavy atom. The van der Waals surface area contributed by atoms with Gasteiger partial charge in [-0.05, 0) is 75.0 Å². The van der Waals surface area contributed by atoms with Crippen molar-refractivity contribution < 1.29 is 13.2 Å². The van der Waals surface area contributed by atoms with Crippen molar-refractivity contribution in [3.63, 3.8) is 0 Å². The van der Waals surface area contributed by atoms with Crippen molar-refractivity contribution in [3.05, 3.63) is 60.2 Å². The zero-order chi connectivity index (χ0) is 21.4. The molecule has 0 bridgehead atoms. The predicted molar refractivity (Wildman–Crippen MR) is 120 cm³/mol. The number of amides is 1. The van der Waals surface area contributed by atoms with Crippen LogP contribution in [0.5, 0.6) is 0 Å². The topological polar surface area (TPSA) is 78.5 Å². The van der Waals surface area contributed by atoms with E-state index in [4.69, 9.17) is 0 Å². The summed E-state index contributed by atoms with van der Waals surface area (Å²) in [5.41, 5.74) is 0.804. The third kappa shape index (κ3) is 6.57. The fraction of sp³-hybridized carbons (Fsp3) is 0.435. The molecule has 0 spiro atoms. The fourth-order valence-corrected chi connectivity index (χ4v) is 4.86. The number of sulfonamides is 1. The van der Waals surface area contributed by atoms with E-state index in [1.54, 1.807) is 42.5 Å². The third-order valence-corrected chi connectivity index (χ3v) is 6.76. The van der Waals surface area contributed by atoms with Gasteiger partial charge in [-0.2, -0.15) is 0 Å². The fourth-order valence-electron chi connectivity index (χ4n) is 3.79. The number of likely N-dealkylation sites (tertiary alicyclic amines) is 1. The lowest BCUT2D eigenvalue weighted by atomic mass is 10.0. The molecule has 3 rings (SSSR count). The molecule has 0 radical (unpaired) electrons. The van der Waals surface area contributed by atoms with E-state index in [2.05, 4.69) is 21.9 Å². The number of rotatable bonds is 9. The molecule has 0 saturated carbocycles. The van der Waals surface area contributed by atoms with Crippen LogP contribution in [0.25, 0.3) is 0 Å². The quantitative estimate of drug-likeness (QED) is 0.596. The van der Waals surface area contributed by atoms with E-state index < -0.39 is 10.0 Å². The maximum absolute atomic E-state index is 12.5. The maximum atomic E-state index is 12.5. The van der Waals surface area contributed by atoms with Crippen LogP contribution in [0.1, 0.15) is 43.0 Å². The largest absolute Gasteiger partial charge is 0.352 e. The van der Waals surface area contributed by atoms with E-state index in [1.807, 2.05) is 0 Å². The molecule has 1 unspecified atom stereocenters. The van der Waals surface area contributed by atoms with Gasteiger partial charge in [-0.3, -0.25) is 9.52 Å². The maximum Gasteiger partial charge on any atom is 0.261 e. The van der Waals surface area contributed by atoms with Crippen LogP contribution < -0.4 is 10.0 Å². The molecule has 0 aliphatic carbocycles. The normalized spacial score (nSPS) is 17.4. The molecule has 2 N–H and O–H groups in total. The number of carbonyl (C=O) groups is 1. The van der Waals surface area contributed by atoms with E-state index in [0.717, 1.165) is 25.3 Å². The minimum absolute atomic E-state index is 0.183. The van der Waals surface area contributed by atoms with Gasteiger partial charge >= 0.3 is 0 Å². The summed E-state index contributed by atoms with van der Waals surface area (Å²) < 4.78 is 27.5. The molecule has 30 heavy (non-hydrogen) atoms. The van der Waals surface area contributed by atoms with Crippen molar-refractivity contribution in [1.29, 1.82) is 0 Å². The van der Waals surface area contributed by atoms with Crippen molar-refractivity contribution in [1.82, 2.24) is 10.2 Å². The number of nitrogens with one attached hydrogen (secondary N) is 2. The molecule has 1 fully saturated rings. The number of benzene rings is 2. The number of carbonyl (C=O) groups excluding carboxylic acids is 1. The first-order valence-electron chi connectivity index (χ1n) is 10.6. The van der Waals surface area contributed by atoms with E-state index >= 15 is 0 Å². The number of unbranched alkanes of at least 4 members (excludes halogenated alkanes) is 1. The lowest BCUT2D eigenvalue weighted by molar-refractivity contribution is 0.0952. The summed E-state index contributed by atoms with van der Waals surface area (Å²) in [5.74, 6) is 0.590. The van der Waals surface area contributed by atoms with Gasteiger partial charge in [-0.25, -0.2) is 8.42 Å². The Kier molecular flexibility index (Phi) is 7.87. The zero-order valence-corrected chi connectivity index (χ0v) is 18.3. The number of anilines is 1. The van der Waals surface area contributed by atoms with Crippen molar-refractivity contribution in [2.75, 3.05) is 30.9 Å². The Balaban J connectivity index is 1.46. The SMILES string of the molecule is CC1CCCN(CCCCNC(=O)c2cccc(NS(=O)(=O)c3ccccc3)c2)C1. The molecule has 162 valence electrons. The van der Waals surface area contributed by atoms with Crippen LogP contribution in [-0.4, -0.2) is 45.4 Å². The molecule has 6 nitrogen and oxygen atoms in total. The molecule has 1 atom stereocenters. The lowest BCUT2D eigenvalue weighted by Crippen LogP contribution is -2.35. The monoisotopic (exact) mass is 429 g/mol. The van der Waals surface area contributed by atoms with Crippen LogP contribution >= 0.6 is 0 Å². The summed E-state index contributed by atoms with van der Waals surface area (Å²) >= 11 is 0. The van der Waals surface area contributed by atoms with Gasteiger partial charge in [0.25, 0.3) is 15.9 Å². The van der Waals surface area contributed by atoms with Gasteiger partial charge in [-0.15, -0.1) is 0 Å². The molecule has 7 heteroatoms. The van der Waals surface area contributed by atoms with E-state index in [0.29, 0.717) is 17.8 Å². The Labute approximate surface area is 179 Å². The van der Waals surface area contributed by atoms with E-state index in [1.165, 1.54) is 38.1 Å². The lowest BCUT2D eigenvalue weighted by Gasteiger charge is -2.30. The molecule has 2 aromatic rings. The Hall–Kier alpha value is -2.38. The minimum atomic E-state index is -3.68. The minimum Gasteiger partial charge on any atom is -0.352 e. The van der Waals surface area contributed by atoms with E-state index in [9.17, 15) is 13.2 Å². The second-order valence-corrected chi connectivity index (χ2v) is 9.69. The molecular formula is C23H31N3O3S. The summed E-state index contributed by atoms with van der Waals surface area (Å²) in [7, 11) is -3.68. The van der Waals surface area contributed by atoms with Gasteiger partial charge in [0, 0.05) is 24.3 Å². The molecule has 1 aliphatic rings. The molecular weight excluding hydrogens is 398 g/mol. The Bertz CT molecular complexity index is 932. The number of nitrogens with zero attached hydrogens (tertiary/aromatic N) is 1. The summed E-state index contributed by atoms with van der Waals surface area (Å²) in [6.45, 7) is 6.36. The summed E-state index contributed by atoms with van der Waals surface area (Å²) in [5, 5.41) is 2.93. The van der Waals surface area contributed by atoms with Crippen molar-refractivity contribution in [2.24, 2.45) is 5.92 Å². The molecule has 2 aromatic carbocycles. The first-order valence-corrected chi connectivity index (χ1v) is 12.1. The van der Waals surface area contributed by atoms with Crippen LogP contribution in [0.2, 0.25) is 0 Å². The molecule has 1 saturated heterocycles. The van der Waals surface area contributed by atoms with Crippen molar-refractivity contribution >= 4 is 21.6 Å². The standard InChI is InChI=1S/C23H31N3O3S/c1-19-9-8-16-26(18-19)15-6-5-14-24-23(27)20-10-7-11-21(17-20)25-30(28,29)22-12-3-2-4-13-22/h2-4,7,10-13,17,19,25H,5-6,8-9,14-16,18H2,1H3,(H,24,27). The van der Waals surface area contributed by atoms with Gasteiger partial charge in [0.2, 0.25) is 0 Å². The van der Waals surface area contributed by atoms with Crippen LogP contribution in [0, 0.1) is 5.92 Å². The number of hydrogen-bond donors (Lipinski definition) is 2. The highest BCUT2D eigenvalue weighted by molar-refractivity contribution is 7.92. The van der Waals surface area contributed by atoms with Gasteiger partial charge < -0.3 is 10.2 Å². The van der Waals surface area contributed by atoms with Gasteiger partial charge in [0.15, 0.2) is 0 Å². The highest BCUT2D eigenvalue weighted by atomic mass is 32.2. The molecule has 1 heterocycles. The zero-order valence-electron chi connectivity index (χ0n) is 17.5. The van der Waals surface area contributed by atoms with Crippen molar-refractivity contribution in [3.8, 4) is 0 Å². The molecule has 1 aliphatic heterocycles. The average molecular weight is 430 g/mol. The van der Waals surface area contributed by atoms with Crippen LogP contribution in [0.15, 0.2) is 59.5 Å². The second kappa shape index (κ2) is 10.6. The Morgan fingerprint density at radius 2 is 1.90 bits per heavy atom. The highest BCUT2D eigenvalue weighted by Crippen LogP contribution is 2.17. The van der Waals surface area contributed by atoms with Crippen LogP contribution in [0.3, 0.4) is 0 Å². The summed E-state index contributed by atoms with van der Waals surface area (Å²) in [4.78, 5) is 15.1. The number of piperidine rings is 1. The first-order chi connectivity index (χ1) is 14.4. The first kappa shape index (κ1) is 22.3. The van der Waals surface area contributed by atoms with Gasteiger partial charge in [0.1, 0.15) is 0 Å². The van der Waals surface area contributed by atoms with Crippen molar-refractivity contribution in [2.45, 2.75) is 37.5 Å². The second-order valence-electron chi connectivity index (χ2n) is 8.01. The molecule has 0 aromatic heterocycles.